The van der Waals surface area contributed by atoms with Gasteiger partial charge in [-0.05, 0) is 23.3 Å². The lowest BCUT2D eigenvalue weighted by atomic mass is 10.0. The highest BCUT2D eigenvalue weighted by atomic mass is 79.9. The number of hydrogen-bond acceptors (Lipinski definition) is 3. The van der Waals surface area contributed by atoms with Crippen molar-refractivity contribution in [3.05, 3.63) is 81.8 Å². The van der Waals surface area contributed by atoms with Gasteiger partial charge in [0.15, 0.2) is 0 Å². The van der Waals surface area contributed by atoms with Crippen molar-refractivity contribution in [1.82, 2.24) is 0 Å². The maximum atomic E-state index is 9.51. The van der Waals surface area contributed by atoms with Gasteiger partial charge in [-0.15, -0.1) is 0 Å². The van der Waals surface area contributed by atoms with E-state index in [4.69, 9.17) is 0 Å². The van der Waals surface area contributed by atoms with Crippen LogP contribution in [0.3, 0.4) is 0 Å². The summed E-state index contributed by atoms with van der Waals surface area (Å²) < 4.78 is 0.889. The van der Waals surface area contributed by atoms with Crippen LogP contribution in [0.15, 0.2) is 75.9 Å². The molecule has 0 aromatic heterocycles. The van der Waals surface area contributed by atoms with Gasteiger partial charge >= 0.3 is 0 Å². The van der Waals surface area contributed by atoms with Gasteiger partial charge < -0.3 is 5.21 Å². The Morgan fingerprint density at radius 3 is 2.32 bits per heavy atom. The summed E-state index contributed by atoms with van der Waals surface area (Å²) in [5.41, 5.74) is 3.97. The summed E-state index contributed by atoms with van der Waals surface area (Å²) in [6.45, 7) is 0. The molecule has 0 heterocycles. The Bertz CT molecular complexity index is 858. The molecule has 0 saturated carbocycles. The minimum Gasteiger partial charge on any atom is -0.410 e. The minimum absolute atomic E-state index is 0.305. The summed E-state index contributed by atoms with van der Waals surface area (Å²) in [6, 6.07) is 19.4. The maximum Gasteiger partial charge on any atom is 0.128 e. The highest BCUT2D eigenvalue weighted by Gasteiger charge is 2.26. The number of oxime groups is 1. The van der Waals surface area contributed by atoms with Gasteiger partial charge in [0.05, 0.1) is 5.57 Å². The summed E-state index contributed by atoms with van der Waals surface area (Å²) in [5, 5.41) is 22.2. The molecule has 1 aliphatic carbocycles. The normalized spacial score (nSPS) is 15.8. The van der Waals surface area contributed by atoms with Crippen LogP contribution in [-0.2, 0) is 0 Å². The van der Waals surface area contributed by atoms with Crippen LogP contribution in [0.1, 0.15) is 11.1 Å². The second-order valence-corrected chi connectivity index (χ2v) is 5.61. The molecule has 4 heteroatoms. The number of halogens is 1. The first kappa shape index (κ1) is 14.3. The molecular formula is C18H11BrN2O. The Labute approximate surface area is 136 Å². The van der Waals surface area contributed by atoms with Crippen LogP contribution in [0.5, 0.6) is 0 Å². The average molecular weight is 351 g/mol. The minimum atomic E-state index is 0.305. The molecular weight excluding hydrogens is 340 g/mol. The van der Waals surface area contributed by atoms with Crippen LogP contribution in [0, 0.1) is 11.3 Å². The molecule has 0 bridgehead atoms. The smallest absolute Gasteiger partial charge is 0.128 e. The van der Waals surface area contributed by atoms with Crippen LogP contribution in [0.4, 0.5) is 0 Å². The molecule has 2 aromatic rings. The molecule has 0 atom stereocenters. The van der Waals surface area contributed by atoms with Crippen molar-refractivity contribution >= 4 is 32.8 Å². The van der Waals surface area contributed by atoms with Crippen molar-refractivity contribution in [2.75, 3.05) is 0 Å². The van der Waals surface area contributed by atoms with Gasteiger partial charge in [-0.25, -0.2) is 0 Å². The molecule has 0 aliphatic heterocycles. The fourth-order valence-electron chi connectivity index (χ4n) is 2.49. The zero-order valence-corrected chi connectivity index (χ0v) is 13.1. The first-order valence-electron chi connectivity index (χ1n) is 6.65. The van der Waals surface area contributed by atoms with E-state index in [2.05, 4.69) is 27.2 Å². The highest BCUT2D eigenvalue weighted by Crippen LogP contribution is 2.37. The molecule has 0 radical (unpaired) electrons. The third-order valence-corrected chi connectivity index (χ3v) is 4.20. The second kappa shape index (κ2) is 6.00. The number of benzene rings is 2. The molecule has 0 saturated heterocycles. The third kappa shape index (κ3) is 2.36. The van der Waals surface area contributed by atoms with E-state index < -0.39 is 0 Å². The van der Waals surface area contributed by atoms with Gasteiger partial charge in [-0.2, -0.15) is 5.26 Å². The lowest BCUT2D eigenvalue weighted by Gasteiger charge is -2.03. The topological polar surface area (TPSA) is 56.4 Å². The van der Waals surface area contributed by atoms with E-state index >= 15 is 0 Å². The first-order valence-corrected chi connectivity index (χ1v) is 7.44. The lowest BCUT2D eigenvalue weighted by molar-refractivity contribution is 0.320. The molecule has 22 heavy (non-hydrogen) atoms. The SMILES string of the molecule is N#CC1=C(c2ccccc2Br)C=C(c2ccccc2)C1=NO. The zero-order valence-electron chi connectivity index (χ0n) is 11.5. The van der Waals surface area contributed by atoms with Crippen LogP contribution in [-0.4, -0.2) is 10.9 Å². The summed E-state index contributed by atoms with van der Waals surface area (Å²) in [5.74, 6) is 0. The van der Waals surface area contributed by atoms with E-state index in [0.717, 1.165) is 26.7 Å². The lowest BCUT2D eigenvalue weighted by Crippen LogP contribution is -2.01. The van der Waals surface area contributed by atoms with Crippen LogP contribution < -0.4 is 0 Å². The van der Waals surface area contributed by atoms with E-state index in [1.807, 2.05) is 60.7 Å². The molecule has 2 aromatic carbocycles. The van der Waals surface area contributed by atoms with Crippen molar-refractivity contribution < 1.29 is 5.21 Å². The van der Waals surface area contributed by atoms with E-state index in [1.54, 1.807) is 0 Å². The number of allylic oxidation sites excluding steroid dienone is 4. The molecule has 3 nitrogen and oxygen atoms in total. The summed E-state index contributed by atoms with van der Waals surface area (Å²) in [6.07, 6.45) is 1.89. The molecule has 106 valence electrons. The number of hydrogen-bond donors (Lipinski definition) is 1. The van der Waals surface area contributed by atoms with Gasteiger partial charge in [0, 0.05) is 15.6 Å². The van der Waals surface area contributed by atoms with Gasteiger partial charge in [0.2, 0.25) is 0 Å². The predicted octanol–water partition coefficient (Wildman–Crippen LogP) is 4.65. The Morgan fingerprint density at radius 1 is 1.00 bits per heavy atom. The quantitative estimate of drug-likeness (QED) is 0.632. The van der Waals surface area contributed by atoms with E-state index in [1.165, 1.54) is 0 Å². The van der Waals surface area contributed by atoms with Gasteiger partial charge in [0.1, 0.15) is 11.8 Å². The molecule has 0 spiro atoms. The second-order valence-electron chi connectivity index (χ2n) is 4.75. The monoisotopic (exact) mass is 350 g/mol. The van der Waals surface area contributed by atoms with Gasteiger partial charge in [-0.3, -0.25) is 0 Å². The predicted molar refractivity (Wildman–Crippen MR) is 90.3 cm³/mol. The van der Waals surface area contributed by atoms with Crippen molar-refractivity contribution in [1.29, 1.82) is 5.26 Å². The van der Waals surface area contributed by atoms with Crippen molar-refractivity contribution in [2.45, 2.75) is 0 Å². The summed E-state index contributed by atoms with van der Waals surface area (Å²) >= 11 is 3.51. The third-order valence-electron chi connectivity index (χ3n) is 3.51. The van der Waals surface area contributed by atoms with Crippen LogP contribution in [0.25, 0.3) is 11.1 Å². The molecule has 0 fully saturated rings. The molecule has 3 rings (SSSR count). The van der Waals surface area contributed by atoms with E-state index in [0.29, 0.717) is 11.3 Å². The van der Waals surface area contributed by atoms with Crippen molar-refractivity contribution in [3.8, 4) is 6.07 Å². The summed E-state index contributed by atoms with van der Waals surface area (Å²) in [7, 11) is 0. The molecule has 1 N–H and O–H groups in total. The van der Waals surface area contributed by atoms with Crippen LogP contribution in [0.2, 0.25) is 0 Å². The molecule has 1 aliphatic rings. The fourth-order valence-corrected chi connectivity index (χ4v) is 2.99. The Balaban J connectivity index is 2.21. The van der Waals surface area contributed by atoms with Gasteiger partial charge in [0.25, 0.3) is 0 Å². The number of nitriles is 1. The standard InChI is InChI=1S/C18H11BrN2O/c19-17-9-5-4-8-13(17)15-10-14(12-6-2-1-3-7-12)18(21-22)16(15)11-20/h1-10,22H. The molecule has 0 amide bonds. The Morgan fingerprint density at radius 2 is 1.68 bits per heavy atom. The van der Waals surface area contributed by atoms with Gasteiger partial charge in [-0.1, -0.05) is 69.6 Å². The highest BCUT2D eigenvalue weighted by molar-refractivity contribution is 9.10. The van der Waals surface area contributed by atoms with Crippen molar-refractivity contribution in [2.24, 2.45) is 5.16 Å². The fraction of sp³-hybridized carbons (Fsp3) is 0. The maximum absolute atomic E-state index is 9.51. The summed E-state index contributed by atoms with van der Waals surface area (Å²) in [4.78, 5) is 0. The average Bonchev–Trinajstić information content (AvgIpc) is 2.94. The Hall–Kier alpha value is -2.64. The van der Waals surface area contributed by atoms with Crippen LogP contribution >= 0.6 is 15.9 Å². The zero-order chi connectivity index (χ0) is 15.5. The Kier molecular flexibility index (Phi) is 3.90. The van der Waals surface area contributed by atoms with E-state index in [9.17, 15) is 10.5 Å². The number of nitrogens with zero attached hydrogens (tertiary/aromatic N) is 2. The largest absolute Gasteiger partial charge is 0.410 e. The van der Waals surface area contributed by atoms with Crippen molar-refractivity contribution in [3.63, 3.8) is 0 Å². The van der Waals surface area contributed by atoms with E-state index in [-0.39, 0.29) is 0 Å². The molecule has 0 unspecified atom stereocenters. The number of rotatable bonds is 2. The first-order chi connectivity index (χ1) is 10.8.